The molecule has 0 spiro atoms. The van der Waals surface area contributed by atoms with Crippen molar-refractivity contribution in [1.29, 1.82) is 0 Å². The molecule has 0 aliphatic carbocycles. The van der Waals surface area contributed by atoms with Gasteiger partial charge in [-0.05, 0) is 30.7 Å². The van der Waals surface area contributed by atoms with E-state index in [1.165, 1.54) is 0 Å². The third-order valence-corrected chi connectivity index (χ3v) is 3.07. The molecule has 0 saturated heterocycles. The fourth-order valence-corrected chi connectivity index (χ4v) is 1.95. The maximum atomic E-state index is 5.88. The summed E-state index contributed by atoms with van der Waals surface area (Å²) in [4.78, 5) is 4.22. The molecular weight excluding hydrogens is 302 g/mol. The number of rotatable bonds is 9. The number of benzene rings is 2. The van der Waals surface area contributed by atoms with Crippen LogP contribution >= 0.6 is 0 Å². The summed E-state index contributed by atoms with van der Waals surface area (Å²) < 4.78 is 11.2. The summed E-state index contributed by atoms with van der Waals surface area (Å²) >= 11 is 0. The van der Waals surface area contributed by atoms with E-state index in [4.69, 9.17) is 15.2 Å². The summed E-state index contributed by atoms with van der Waals surface area (Å²) in [5, 5.41) is 3.05. The van der Waals surface area contributed by atoms with E-state index >= 15 is 0 Å². The summed E-state index contributed by atoms with van der Waals surface area (Å²) in [7, 11) is 0. The highest BCUT2D eigenvalue weighted by molar-refractivity contribution is 5.92. The molecule has 5 heteroatoms. The number of ether oxygens (including phenoxy) is 2. The van der Waals surface area contributed by atoms with Crippen molar-refractivity contribution < 1.29 is 9.47 Å². The van der Waals surface area contributed by atoms with Crippen molar-refractivity contribution in [3.63, 3.8) is 0 Å². The van der Waals surface area contributed by atoms with Crippen LogP contribution in [0.3, 0.4) is 0 Å². The summed E-state index contributed by atoms with van der Waals surface area (Å²) in [6.45, 7) is 5.34. The van der Waals surface area contributed by atoms with Crippen LogP contribution in [0.1, 0.15) is 6.42 Å². The Balaban J connectivity index is 1.83. The molecule has 0 aromatic heterocycles. The number of nitrogens with two attached hydrogens (primary N) is 1. The zero-order chi connectivity index (χ0) is 17.0. The maximum Gasteiger partial charge on any atom is 0.193 e. The summed E-state index contributed by atoms with van der Waals surface area (Å²) in [5.74, 6) is 1.86. The molecule has 0 fully saturated rings. The molecule has 0 heterocycles. The monoisotopic (exact) mass is 325 g/mol. The van der Waals surface area contributed by atoms with Crippen LogP contribution in [0, 0.1) is 0 Å². The number of hydrogen-bond acceptors (Lipinski definition) is 3. The lowest BCUT2D eigenvalue weighted by atomic mass is 10.3. The Hall–Kier alpha value is -2.79. The number of hydrogen-bond donors (Lipinski definition) is 2. The van der Waals surface area contributed by atoms with Crippen LogP contribution in [0.5, 0.6) is 11.5 Å². The first-order valence-corrected chi connectivity index (χ1v) is 7.86. The quantitative estimate of drug-likeness (QED) is 0.318. The summed E-state index contributed by atoms with van der Waals surface area (Å²) in [6, 6.07) is 17.2. The highest BCUT2D eigenvalue weighted by Gasteiger charge is 2.00. The van der Waals surface area contributed by atoms with Crippen molar-refractivity contribution in [2.24, 2.45) is 10.7 Å². The predicted octanol–water partition coefficient (Wildman–Crippen LogP) is 3.80. The molecule has 0 bridgehead atoms. The molecule has 0 atom stereocenters. The van der Waals surface area contributed by atoms with Gasteiger partial charge in [0.2, 0.25) is 0 Å². The van der Waals surface area contributed by atoms with Crippen LogP contribution < -0.4 is 15.8 Å². The van der Waals surface area contributed by atoms with Gasteiger partial charge in [0.1, 0.15) is 11.5 Å². The van der Waals surface area contributed by atoms with Crippen molar-refractivity contribution in [2.45, 2.75) is 6.42 Å². The minimum atomic E-state index is 0.346. The second kappa shape index (κ2) is 10.1. The first kappa shape index (κ1) is 17.6. The van der Waals surface area contributed by atoms with E-state index in [1.54, 1.807) is 0 Å². The molecule has 3 N–H and O–H groups in total. The van der Waals surface area contributed by atoms with E-state index in [0.29, 0.717) is 25.7 Å². The number of anilines is 1. The minimum absolute atomic E-state index is 0.346. The van der Waals surface area contributed by atoms with Gasteiger partial charge in [-0.2, -0.15) is 0 Å². The van der Waals surface area contributed by atoms with Gasteiger partial charge in [-0.15, -0.1) is 6.58 Å². The predicted molar refractivity (Wildman–Crippen MR) is 98.7 cm³/mol. The Kier molecular flexibility index (Phi) is 7.37. The van der Waals surface area contributed by atoms with Crippen molar-refractivity contribution in [3.05, 3.63) is 67.3 Å². The zero-order valence-corrected chi connectivity index (χ0v) is 13.7. The van der Waals surface area contributed by atoms with Crippen LogP contribution in [0.4, 0.5) is 5.69 Å². The molecule has 0 amide bonds. The molecule has 0 aliphatic heterocycles. The molecule has 0 aliphatic rings. The molecule has 5 nitrogen and oxygen atoms in total. The van der Waals surface area contributed by atoms with Gasteiger partial charge in [0.25, 0.3) is 0 Å². The van der Waals surface area contributed by atoms with E-state index in [1.807, 2.05) is 60.7 Å². The fourth-order valence-electron chi connectivity index (χ4n) is 1.95. The first-order chi connectivity index (χ1) is 11.8. The van der Waals surface area contributed by atoms with E-state index in [2.05, 4.69) is 16.9 Å². The van der Waals surface area contributed by atoms with Gasteiger partial charge >= 0.3 is 0 Å². The molecule has 0 radical (unpaired) electrons. The van der Waals surface area contributed by atoms with E-state index < -0.39 is 0 Å². The van der Waals surface area contributed by atoms with Gasteiger partial charge < -0.3 is 20.5 Å². The lowest BCUT2D eigenvalue weighted by Crippen LogP contribution is -2.23. The maximum absolute atomic E-state index is 5.88. The highest BCUT2D eigenvalue weighted by Crippen LogP contribution is 2.23. The lowest BCUT2D eigenvalue weighted by molar-refractivity contribution is 0.146. The Labute approximate surface area is 142 Å². The molecule has 2 rings (SSSR count). The van der Waals surface area contributed by atoms with Gasteiger partial charge in [0.05, 0.1) is 19.8 Å². The average molecular weight is 325 g/mol. The fraction of sp³-hybridized carbons (Fsp3) is 0.211. The third-order valence-electron chi connectivity index (χ3n) is 3.07. The number of nitrogens with one attached hydrogen (secondary N) is 1. The highest BCUT2D eigenvalue weighted by atomic mass is 16.5. The lowest BCUT2D eigenvalue weighted by Gasteiger charge is -2.09. The van der Waals surface area contributed by atoms with E-state index in [0.717, 1.165) is 23.6 Å². The van der Waals surface area contributed by atoms with Crippen molar-refractivity contribution >= 4 is 11.6 Å². The van der Waals surface area contributed by atoms with Crippen molar-refractivity contribution in [2.75, 3.05) is 25.1 Å². The largest absolute Gasteiger partial charge is 0.457 e. The number of guanidine groups is 1. The average Bonchev–Trinajstić information content (AvgIpc) is 2.59. The molecule has 24 heavy (non-hydrogen) atoms. The van der Waals surface area contributed by atoms with Crippen LogP contribution in [0.2, 0.25) is 0 Å². The molecule has 126 valence electrons. The van der Waals surface area contributed by atoms with Gasteiger partial charge in [-0.1, -0.05) is 30.3 Å². The normalized spacial score (nSPS) is 11.1. The molecule has 2 aromatic rings. The van der Waals surface area contributed by atoms with E-state index in [-0.39, 0.29) is 0 Å². The van der Waals surface area contributed by atoms with Crippen LogP contribution in [-0.4, -0.2) is 25.7 Å². The number of aliphatic imine (C=N–C) groups is 1. The van der Waals surface area contributed by atoms with Gasteiger partial charge in [-0.25, -0.2) is 0 Å². The number of nitrogens with zero attached hydrogens (tertiary/aromatic N) is 1. The topological polar surface area (TPSA) is 68.9 Å². The molecule has 2 aromatic carbocycles. The Bertz CT molecular complexity index is 657. The molecular formula is C19H23N3O2. The molecule has 0 unspecified atom stereocenters. The number of para-hydroxylation sites is 1. The summed E-state index contributed by atoms with van der Waals surface area (Å²) in [5.41, 5.74) is 6.69. The zero-order valence-electron chi connectivity index (χ0n) is 13.7. The Morgan fingerprint density at radius 3 is 2.67 bits per heavy atom. The second-order valence-corrected chi connectivity index (χ2v) is 5.02. The smallest absolute Gasteiger partial charge is 0.193 e. The van der Waals surface area contributed by atoms with Crippen molar-refractivity contribution in [1.82, 2.24) is 0 Å². The van der Waals surface area contributed by atoms with Gasteiger partial charge in [0.15, 0.2) is 5.96 Å². The van der Waals surface area contributed by atoms with Gasteiger partial charge in [-0.3, -0.25) is 4.99 Å². The summed E-state index contributed by atoms with van der Waals surface area (Å²) in [6.07, 6.45) is 2.66. The van der Waals surface area contributed by atoms with Crippen LogP contribution in [0.15, 0.2) is 72.2 Å². The Morgan fingerprint density at radius 2 is 1.88 bits per heavy atom. The third kappa shape index (κ3) is 6.54. The molecule has 0 saturated carbocycles. The van der Waals surface area contributed by atoms with Crippen molar-refractivity contribution in [3.8, 4) is 11.5 Å². The van der Waals surface area contributed by atoms with Gasteiger partial charge in [0, 0.05) is 11.8 Å². The standard InChI is InChI=1S/C19H23N3O2/c1-2-3-13-23-14-12-21-19(20)22-16-8-7-11-18(15-16)24-17-9-5-4-6-10-17/h2,4-11,15H,1,3,12-14H2,(H3,20,21,22). The second-order valence-electron chi connectivity index (χ2n) is 5.02. The van der Waals surface area contributed by atoms with E-state index in [9.17, 15) is 0 Å². The van der Waals surface area contributed by atoms with Crippen LogP contribution in [-0.2, 0) is 4.74 Å². The SMILES string of the molecule is C=CCCOCCN=C(N)Nc1cccc(Oc2ccccc2)c1. The van der Waals surface area contributed by atoms with Crippen LogP contribution in [0.25, 0.3) is 0 Å². The Morgan fingerprint density at radius 1 is 1.08 bits per heavy atom. The first-order valence-electron chi connectivity index (χ1n) is 7.86. The minimum Gasteiger partial charge on any atom is -0.457 e.